The monoisotopic (exact) mass is 526 g/mol. The van der Waals surface area contributed by atoms with Crippen LogP contribution >= 0.6 is 0 Å². The van der Waals surface area contributed by atoms with Crippen molar-refractivity contribution in [3.05, 3.63) is 69.2 Å². The fraction of sp³-hybridized carbons (Fsp3) is 0.188. The van der Waals surface area contributed by atoms with E-state index in [-0.39, 0.29) is 37.8 Å². The van der Waals surface area contributed by atoms with Crippen LogP contribution < -0.4 is 19.9 Å². The standard InChI is InChI=1S/C14H13N3O3.2CH4O.Mo.NO3.2O/c1-20-12-3-2-11(13(18)8-12)9-16-17-14(19)10-4-6-15-7-5-10;2*1-2;;2-1(3)4;;/h2-9,18H,1H3,(H,17,19);2*2H,1H3;;;;/q;;;;-1;2*-2/p-1/b16-9+;;;;;;. The first kappa shape index (κ1) is 38.4. The van der Waals surface area contributed by atoms with E-state index in [1.165, 1.54) is 19.4 Å². The minimum Gasteiger partial charge on any atom is -2.00 e. The molecular weight excluding hydrogens is 504 g/mol. The molecule has 0 spiro atoms. The number of nitrogens with one attached hydrogen (secondary N) is 1. The molecule has 0 unspecified atom stereocenters. The molecule has 2 aromatic rings. The van der Waals surface area contributed by atoms with E-state index in [0.717, 1.165) is 14.2 Å². The first-order valence-electron chi connectivity index (χ1n) is 7.24. The van der Waals surface area contributed by atoms with Gasteiger partial charge in [-0.15, -0.1) is 0 Å². The van der Waals surface area contributed by atoms with Gasteiger partial charge in [0.2, 0.25) is 0 Å². The van der Waals surface area contributed by atoms with Gasteiger partial charge in [0.05, 0.1) is 18.4 Å². The summed E-state index contributed by atoms with van der Waals surface area (Å²) < 4.78 is 4.93. The second-order valence-electron chi connectivity index (χ2n) is 4.07. The summed E-state index contributed by atoms with van der Waals surface area (Å²) in [7, 11) is 3.48. The molecule has 14 nitrogen and oxygen atoms in total. The van der Waals surface area contributed by atoms with Gasteiger partial charge >= 0.3 is 0 Å². The summed E-state index contributed by atoms with van der Waals surface area (Å²) in [6.45, 7) is 0. The first-order chi connectivity index (χ1) is 13.4. The normalized spacial score (nSPS) is 8.74. The number of pyridine rings is 1. The van der Waals surface area contributed by atoms with E-state index in [4.69, 9.17) is 30.3 Å². The average Bonchev–Trinajstić information content (AvgIpc) is 2.72. The molecule has 0 fully saturated rings. The van der Waals surface area contributed by atoms with Gasteiger partial charge in [0.1, 0.15) is 5.75 Å². The Kier molecular flexibility index (Phi) is 30.8. The van der Waals surface area contributed by atoms with Gasteiger partial charge in [-0.2, -0.15) is 10.2 Å². The van der Waals surface area contributed by atoms with E-state index >= 15 is 0 Å². The van der Waals surface area contributed by atoms with Gasteiger partial charge in [0.25, 0.3) is 0 Å². The van der Waals surface area contributed by atoms with Crippen LogP contribution in [0.5, 0.6) is 11.5 Å². The molecule has 0 bridgehead atoms. The third kappa shape index (κ3) is 18.6. The molecule has 0 aliphatic carbocycles. The zero-order valence-electron chi connectivity index (χ0n) is 16.5. The second kappa shape index (κ2) is 24.9. The maximum Gasteiger partial charge on any atom is 0.167 e. The minimum atomic E-state index is -1.75. The van der Waals surface area contributed by atoms with Crippen LogP contribution in [0.3, 0.4) is 0 Å². The summed E-state index contributed by atoms with van der Waals surface area (Å²) in [4.78, 5) is 11.1. The quantitative estimate of drug-likeness (QED) is 0.155. The van der Waals surface area contributed by atoms with Crippen molar-refractivity contribution < 1.29 is 67.3 Å². The van der Waals surface area contributed by atoms with Crippen LogP contribution in [0, 0.1) is 15.3 Å². The SMILES string of the molecule is CO.CO.COc1ccc(/C=N/N=C(\[O-])c2cc[nH+]cc2)c([O-])c1.O=[N+]([O-])[O-].[Mo].[O-2].[O-2]. The van der Waals surface area contributed by atoms with E-state index in [0.29, 0.717) is 16.9 Å². The Labute approximate surface area is 191 Å². The number of aliphatic hydroxyl groups excluding tert-OH is 2. The van der Waals surface area contributed by atoms with E-state index < -0.39 is 11.0 Å². The number of nitrogens with zero attached hydrogens (tertiary/aromatic N) is 3. The molecule has 0 saturated heterocycles. The smallest absolute Gasteiger partial charge is 0.167 e. The largest absolute Gasteiger partial charge is 2.00 e. The average molecular weight is 524 g/mol. The molecule has 31 heavy (non-hydrogen) atoms. The molecule has 0 amide bonds. The maximum absolute atomic E-state index is 11.6. The molecule has 3 N–H and O–H groups in total. The molecule has 1 aromatic heterocycles. The van der Waals surface area contributed by atoms with Gasteiger partial charge in [-0.25, -0.2) is 4.98 Å². The molecule has 1 heterocycles. The minimum absolute atomic E-state index is 0. The number of hydrogen-bond acceptors (Lipinski definition) is 10. The van der Waals surface area contributed by atoms with Crippen molar-refractivity contribution in [3.8, 4) is 11.5 Å². The van der Waals surface area contributed by atoms with Crippen molar-refractivity contribution in [2.75, 3.05) is 21.3 Å². The van der Waals surface area contributed by atoms with Crippen molar-refractivity contribution in [2.24, 2.45) is 10.2 Å². The molecule has 2 rings (SSSR count). The number of ether oxygens (including phenoxy) is 1. The Morgan fingerprint density at radius 2 is 1.58 bits per heavy atom. The molecule has 176 valence electrons. The number of H-pyrrole nitrogens is 1. The topological polar surface area (TPSA) is 258 Å². The van der Waals surface area contributed by atoms with Crippen molar-refractivity contribution in [1.29, 1.82) is 0 Å². The Bertz CT molecular complexity index is 744. The van der Waals surface area contributed by atoms with E-state index in [2.05, 4.69) is 15.2 Å². The third-order valence-corrected chi connectivity index (χ3v) is 2.53. The summed E-state index contributed by atoms with van der Waals surface area (Å²) in [5.41, 5.74) is 0.752. The van der Waals surface area contributed by atoms with Crippen LogP contribution in [0.1, 0.15) is 11.1 Å². The molecule has 0 atom stereocenters. The molecule has 0 aliphatic rings. The number of aromatic nitrogens is 1. The van der Waals surface area contributed by atoms with Crippen LogP contribution in [0.2, 0.25) is 0 Å². The number of hydrogen-bond donors (Lipinski definition) is 2. The van der Waals surface area contributed by atoms with Crippen LogP contribution in [-0.4, -0.2) is 48.7 Å². The summed E-state index contributed by atoms with van der Waals surface area (Å²) in [6, 6.07) is 7.72. The van der Waals surface area contributed by atoms with Crippen molar-refractivity contribution in [2.45, 2.75) is 0 Å². The van der Waals surface area contributed by atoms with Gasteiger partial charge < -0.3 is 51.4 Å². The zero-order valence-corrected chi connectivity index (χ0v) is 18.5. The maximum atomic E-state index is 11.6. The van der Waals surface area contributed by atoms with Gasteiger partial charge in [0.15, 0.2) is 12.4 Å². The van der Waals surface area contributed by atoms with E-state index in [1.807, 2.05) is 0 Å². The van der Waals surface area contributed by atoms with Crippen molar-refractivity contribution in [1.82, 2.24) is 0 Å². The number of aliphatic hydroxyl groups is 2. The van der Waals surface area contributed by atoms with Crippen LogP contribution in [0.15, 0.2) is 52.9 Å². The van der Waals surface area contributed by atoms with Gasteiger partial charge in [-0.05, 0) is 23.3 Å². The van der Waals surface area contributed by atoms with Gasteiger partial charge in [-0.1, -0.05) is 11.8 Å². The second-order valence-corrected chi connectivity index (χ2v) is 4.07. The molecule has 0 saturated carbocycles. The van der Waals surface area contributed by atoms with E-state index in [9.17, 15) is 10.2 Å². The molecule has 0 radical (unpaired) electrons. The molecule has 15 heteroatoms. The summed E-state index contributed by atoms with van der Waals surface area (Å²) >= 11 is 0. The predicted octanol–water partition coefficient (Wildman–Crippen LogP) is -1.54. The Hall–Kier alpha value is -3.16. The molecular formula is C16H20MoN4O10-6. The molecule has 0 aliphatic heterocycles. The van der Waals surface area contributed by atoms with E-state index in [1.54, 1.807) is 36.7 Å². The van der Waals surface area contributed by atoms with Crippen LogP contribution in [0.4, 0.5) is 0 Å². The fourth-order valence-corrected chi connectivity index (χ4v) is 1.48. The summed E-state index contributed by atoms with van der Waals surface area (Å²) in [6.07, 6.45) is 4.48. The van der Waals surface area contributed by atoms with Crippen molar-refractivity contribution in [3.63, 3.8) is 0 Å². The Morgan fingerprint density at radius 1 is 1.10 bits per heavy atom. The predicted molar refractivity (Wildman–Crippen MR) is 97.6 cm³/mol. The number of aromatic amines is 1. The van der Waals surface area contributed by atoms with Gasteiger partial charge in [-0.3, -0.25) is 0 Å². The van der Waals surface area contributed by atoms with Crippen LogP contribution in [0.25, 0.3) is 0 Å². The number of methoxy groups -OCH3 is 1. The van der Waals surface area contributed by atoms with Crippen molar-refractivity contribution >= 4 is 12.1 Å². The zero-order chi connectivity index (χ0) is 21.9. The number of rotatable bonds is 4. The summed E-state index contributed by atoms with van der Waals surface area (Å²) in [5.74, 6) is -0.248. The van der Waals surface area contributed by atoms with Crippen LogP contribution in [-0.2, 0) is 32.0 Å². The first-order valence-corrected chi connectivity index (χ1v) is 7.24. The Balaban J connectivity index is -0.000000181. The fourth-order valence-electron chi connectivity index (χ4n) is 1.48. The Morgan fingerprint density at radius 3 is 2.00 bits per heavy atom. The summed E-state index contributed by atoms with van der Waals surface area (Å²) in [5, 5.41) is 59.2. The number of benzene rings is 1. The van der Waals surface area contributed by atoms with Gasteiger partial charge in [0, 0.05) is 53.3 Å². The molecule has 1 aromatic carbocycles. The third-order valence-electron chi connectivity index (χ3n) is 2.53.